The zero-order valence-electron chi connectivity index (χ0n) is 14.4. The molecule has 0 spiro atoms. The molecular formula is C18H17F2N3O3. The molecule has 1 amide bonds. The van der Waals surface area contributed by atoms with Crippen LogP contribution in [0.25, 0.3) is 11.0 Å². The average Bonchev–Trinajstić information content (AvgIpc) is 3.06. The number of aromatic amines is 1. The number of pyridine rings is 1. The van der Waals surface area contributed by atoms with Crippen LogP contribution in [0.3, 0.4) is 0 Å². The van der Waals surface area contributed by atoms with Crippen LogP contribution in [0.4, 0.5) is 19.3 Å². The van der Waals surface area contributed by atoms with Crippen molar-refractivity contribution >= 4 is 22.8 Å². The number of nitrogens with one attached hydrogen (secondary N) is 2. The highest BCUT2D eigenvalue weighted by molar-refractivity contribution is 5.85. The number of hydrogen-bond donors (Lipinski definition) is 2. The number of fused-ring (bicyclic) bond motifs is 1. The molecule has 6 nitrogen and oxygen atoms in total. The number of amides is 1. The molecule has 0 aliphatic rings. The Morgan fingerprint density at radius 1 is 1.31 bits per heavy atom. The minimum atomic E-state index is -0.854. The smallest absolute Gasteiger partial charge is 0.411 e. The molecule has 0 saturated heterocycles. The first-order valence-corrected chi connectivity index (χ1v) is 7.80. The summed E-state index contributed by atoms with van der Waals surface area (Å²) < 4.78 is 38.9. The van der Waals surface area contributed by atoms with E-state index in [1.165, 1.54) is 7.11 Å². The fourth-order valence-corrected chi connectivity index (χ4v) is 2.85. The minimum Gasteiger partial charge on any atom is -0.495 e. The Bertz CT molecular complexity index is 972. The van der Waals surface area contributed by atoms with E-state index >= 15 is 0 Å². The van der Waals surface area contributed by atoms with Gasteiger partial charge >= 0.3 is 6.09 Å². The van der Waals surface area contributed by atoms with Crippen LogP contribution in [0, 0.1) is 11.6 Å². The molecule has 8 heteroatoms. The summed E-state index contributed by atoms with van der Waals surface area (Å²) in [5.41, 5.74) is 0.912. The lowest BCUT2D eigenvalue weighted by Gasteiger charge is -2.16. The predicted molar refractivity (Wildman–Crippen MR) is 92.5 cm³/mol. The zero-order chi connectivity index (χ0) is 18.8. The summed E-state index contributed by atoms with van der Waals surface area (Å²) in [6.45, 7) is 1.67. The Morgan fingerprint density at radius 3 is 2.77 bits per heavy atom. The van der Waals surface area contributed by atoms with Gasteiger partial charge in [-0.3, -0.25) is 5.32 Å². The number of methoxy groups -OCH3 is 2. The molecule has 1 aromatic carbocycles. The van der Waals surface area contributed by atoms with Gasteiger partial charge in [0.15, 0.2) is 5.82 Å². The molecule has 0 aliphatic heterocycles. The lowest BCUT2D eigenvalue weighted by Crippen LogP contribution is -2.14. The molecule has 0 fully saturated rings. The quantitative estimate of drug-likeness (QED) is 0.731. The van der Waals surface area contributed by atoms with Crippen molar-refractivity contribution in [2.24, 2.45) is 0 Å². The number of H-pyrrole nitrogens is 1. The fourth-order valence-electron chi connectivity index (χ4n) is 2.85. The van der Waals surface area contributed by atoms with Gasteiger partial charge in [-0.1, -0.05) is 6.92 Å². The summed E-state index contributed by atoms with van der Waals surface area (Å²) in [7, 11) is 2.67. The summed E-state index contributed by atoms with van der Waals surface area (Å²) in [5, 5.41) is 2.94. The highest BCUT2D eigenvalue weighted by atomic mass is 19.1. The van der Waals surface area contributed by atoms with Crippen LogP contribution < -0.4 is 10.1 Å². The highest BCUT2D eigenvalue weighted by Gasteiger charge is 2.24. The highest BCUT2D eigenvalue weighted by Crippen LogP contribution is 2.36. The molecule has 1 atom stereocenters. The number of anilines is 1. The lowest BCUT2D eigenvalue weighted by atomic mass is 9.92. The van der Waals surface area contributed by atoms with E-state index in [1.54, 1.807) is 25.4 Å². The van der Waals surface area contributed by atoms with Crippen molar-refractivity contribution in [1.82, 2.24) is 9.97 Å². The van der Waals surface area contributed by atoms with Crippen molar-refractivity contribution in [3.05, 3.63) is 53.4 Å². The van der Waals surface area contributed by atoms with E-state index < -0.39 is 23.6 Å². The molecular weight excluding hydrogens is 344 g/mol. The summed E-state index contributed by atoms with van der Waals surface area (Å²) in [6.07, 6.45) is 2.37. The molecule has 26 heavy (non-hydrogen) atoms. The van der Waals surface area contributed by atoms with Crippen molar-refractivity contribution in [3.8, 4) is 5.75 Å². The van der Waals surface area contributed by atoms with Crippen molar-refractivity contribution < 1.29 is 23.0 Å². The van der Waals surface area contributed by atoms with Crippen LogP contribution in [0.1, 0.15) is 24.0 Å². The minimum absolute atomic E-state index is 0.157. The van der Waals surface area contributed by atoms with E-state index in [9.17, 15) is 13.6 Å². The van der Waals surface area contributed by atoms with Crippen LogP contribution >= 0.6 is 0 Å². The van der Waals surface area contributed by atoms with E-state index in [2.05, 4.69) is 20.0 Å². The summed E-state index contributed by atoms with van der Waals surface area (Å²) in [6, 6.07) is 4.00. The van der Waals surface area contributed by atoms with Crippen LogP contribution in [-0.4, -0.2) is 30.3 Å². The number of carbonyl (C=O) groups excluding carboxylic acids is 1. The maximum absolute atomic E-state index is 14.9. The number of rotatable bonds is 4. The number of carbonyl (C=O) groups is 1. The Labute approximate surface area is 148 Å². The van der Waals surface area contributed by atoms with Gasteiger partial charge in [0.25, 0.3) is 0 Å². The lowest BCUT2D eigenvalue weighted by molar-refractivity contribution is 0.186. The first-order valence-electron chi connectivity index (χ1n) is 7.80. The van der Waals surface area contributed by atoms with Crippen molar-refractivity contribution in [3.63, 3.8) is 0 Å². The third-order valence-electron chi connectivity index (χ3n) is 4.22. The summed E-state index contributed by atoms with van der Waals surface area (Å²) in [4.78, 5) is 18.6. The van der Waals surface area contributed by atoms with Gasteiger partial charge in [0, 0.05) is 23.1 Å². The van der Waals surface area contributed by atoms with Gasteiger partial charge in [0.1, 0.15) is 17.2 Å². The number of benzene rings is 1. The normalized spacial score (nSPS) is 12.0. The number of nitrogens with zero attached hydrogens (tertiary/aromatic N) is 1. The van der Waals surface area contributed by atoms with Crippen LogP contribution in [0.15, 0.2) is 30.6 Å². The Kier molecular flexibility index (Phi) is 4.75. The van der Waals surface area contributed by atoms with Gasteiger partial charge in [0.2, 0.25) is 0 Å². The average molecular weight is 361 g/mol. The molecule has 3 rings (SSSR count). The molecule has 3 aromatic rings. The first kappa shape index (κ1) is 17.7. The second kappa shape index (κ2) is 6.99. The molecule has 1 unspecified atom stereocenters. The largest absolute Gasteiger partial charge is 0.495 e. The van der Waals surface area contributed by atoms with E-state index in [0.29, 0.717) is 22.3 Å². The van der Waals surface area contributed by atoms with Crippen molar-refractivity contribution in [2.75, 3.05) is 19.5 Å². The maximum Gasteiger partial charge on any atom is 0.411 e. The number of ether oxygens (including phenoxy) is 2. The third kappa shape index (κ3) is 3.05. The Morgan fingerprint density at radius 2 is 2.08 bits per heavy atom. The van der Waals surface area contributed by atoms with Gasteiger partial charge < -0.3 is 14.5 Å². The molecule has 2 N–H and O–H groups in total. The van der Waals surface area contributed by atoms with Gasteiger partial charge in [-0.25, -0.2) is 18.6 Å². The zero-order valence-corrected chi connectivity index (χ0v) is 14.4. The van der Waals surface area contributed by atoms with Crippen LogP contribution in [0.2, 0.25) is 0 Å². The van der Waals surface area contributed by atoms with Gasteiger partial charge in [0.05, 0.1) is 26.1 Å². The van der Waals surface area contributed by atoms with Gasteiger partial charge in [-0.2, -0.15) is 0 Å². The van der Waals surface area contributed by atoms with E-state index in [0.717, 1.165) is 19.2 Å². The SMILES string of the molecule is COC(=O)Nc1ccc(F)c(C(C)c2c[nH]c3ncc(OC)cc23)c1F. The molecule has 0 bridgehead atoms. The third-order valence-corrected chi connectivity index (χ3v) is 4.22. The fraction of sp³-hybridized carbons (Fsp3) is 0.222. The summed E-state index contributed by atoms with van der Waals surface area (Å²) >= 11 is 0. The van der Waals surface area contributed by atoms with E-state index in [4.69, 9.17) is 4.74 Å². The molecule has 2 aromatic heterocycles. The second-order valence-electron chi connectivity index (χ2n) is 5.68. The van der Waals surface area contributed by atoms with Crippen molar-refractivity contribution in [2.45, 2.75) is 12.8 Å². The molecule has 0 saturated carbocycles. The topological polar surface area (TPSA) is 76.2 Å². The molecule has 0 aliphatic carbocycles. The number of hydrogen-bond acceptors (Lipinski definition) is 4. The predicted octanol–water partition coefficient (Wildman–Crippen LogP) is 4.18. The summed E-state index contributed by atoms with van der Waals surface area (Å²) in [5.74, 6) is -1.67. The Balaban J connectivity index is 2.09. The van der Waals surface area contributed by atoms with Crippen LogP contribution in [0.5, 0.6) is 5.75 Å². The monoisotopic (exact) mass is 361 g/mol. The molecule has 2 heterocycles. The molecule has 0 radical (unpaired) electrons. The standard InChI is InChI=1S/C18H17F2N3O3/c1-9(12-8-22-17-11(12)6-10(25-2)7-21-17)15-13(19)4-5-14(16(15)20)23-18(24)26-3/h4-9H,1-3H3,(H,21,22)(H,23,24). The van der Waals surface area contributed by atoms with Gasteiger partial charge in [-0.15, -0.1) is 0 Å². The van der Waals surface area contributed by atoms with Crippen molar-refractivity contribution in [1.29, 1.82) is 0 Å². The van der Waals surface area contributed by atoms with Gasteiger partial charge in [-0.05, 0) is 23.8 Å². The van der Waals surface area contributed by atoms with E-state index in [-0.39, 0.29) is 11.3 Å². The number of halogens is 2. The van der Waals surface area contributed by atoms with E-state index in [1.807, 2.05) is 0 Å². The maximum atomic E-state index is 14.9. The first-order chi connectivity index (χ1) is 12.5. The number of aromatic nitrogens is 2. The second-order valence-corrected chi connectivity index (χ2v) is 5.68. The van der Waals surface area contributed by atoms with Crippen LogP contribution in [-0.2, 0) is 4.74 Å². The Hall–Kier alpha value is -3.16. The molecule has 136 valence electrons.